The highest BCUT2D eigenvalue weighted by atomic mass is 79.9. The molecule has 1 unspecified atom stereocenters. The van der Waals surface area contributed by atoms with Crippen LogP contribution in [0.1, 0.15) is 40.9 Å². The van der Waals surface area contributed by atoms with E-state index in [0.29, 0.717) is 5.56 Å². The zero-order valence-corrected chi connectivity index (χ0v) is 15.2. The number of halogens is 2. The van der Waals surface area contributed by atoms with Crippen molar-refractivity contribution in [3.63, 3.8) is 0 Å². The molecule has 1 N–H and O–H groups in total. The van der Waals surface area contributed by atoms with Gasteiger partial charge >= 0.3 is 0 Å². The molecule has 2 aromatic carbocycles. The summed E-state index contributed by atoms with van der Waals surface area (Å²) in [4.78, 5) is 12.4. The van der Waals surface area contributed by atoms with E-state index in [-0.39, 0.29) is 11.9 Å². The molecule has 0 fully saturated rings. The van der Waals surface area contributed by atoms with Gasteiger partial charge in [0.25, 0.3) is 5.91 Å². The van der Waals surface area contributed by atoms with Crippen LogP contribution in [0.25, 0.3) is 0 Å². The van der Waals surface area contributed by atoms with Crippen molar-refractivity contribution in [1.82, 2.24) is 5.32 Å². The van der Waals surface area contributed by atoms with Gasteiger partial charge < -0.3 is 5.32 Å². The summed E-state index contributed by atoms with van der Waals surface area (Å²) in [5.41, 5.74) is 2.85. The second-order valence-corrected chi connectivity index (χ2v) is 6.83. The van der Waals surface area contributed by atoms with Crippen molar-refractivity contribution in [3.8, 4) is 0 Å². The lowest BCUT2D eigenvalue weighted by molar-refractivity contribution is 0.0935. The van der Waals surface area contributed by atoms with Crippen molar-refractivity contribution < 1.29 is 4.79 Å². The van der Waals surface area contributed by atoms with Crippen LogP contribution in [0.2, 0.25) is 0 Å². The highest BCUT2D eigenvalue weighted by Gasteiger charge is 2.14. The van der Waals surface area contributed by atoms with Crippen LogP contribution in [-0.2, 0) is 0 Å². The van der Waals surface area contributed by atoms with Crippen molar-refractivity contribution >= 4 is 37.8 Å². The Morgan fingerprint density at radius 2 is 1.76 bits per heavy atom. The third-order valence-corrected chi connectivity index (χ3v) is 4.28. The first-order chi connectivity index (χ1) is 9.99. The fourth-order valence-corrected chi connectivity index (χ4v) is 3.10. The first kappa shape index (κ1) is 16.2. The van der Waals surface area contributed by atoms with E-state index in [4.69, 9.17) is 0 Å². The summed E-state index contributed by atoms with van der Waals surface area (Å²) in [6.45, 7) is 4.05. The average molecular weight is 411 g/mol. The van der Waals surface area contributed by atoms with Crippen LogP contribution >= 0.6 is 31.9 Å². The number of rotatable bonds is 4. The Bertz CT molecular complexity index is 617. The molecule has 0 radical (unpaired) electrons. The number of nitrogens with one attached hydrogen (secondary N) is 1. The zero-order chi connectivity index (χ0) is 15.4. The molecular formula is C17H17Br2NO. The Morgan fingerprint density at radius 3 is 2.33 bits per heavy atom. The van der Waals surface area contributed by atoms with Crippen LogP contribution in [-0.4, -0.2) is 5.91 Å². The van der Waals surface area contributed by atoms with E-state index in [0.717, 1.165) is 26.5 Å². The summed E-state index contributed by atoms with van der Waals surface area (Å²) in [6.07, 6.45) is 0.848. The number of hydrogen-bond acceptors (Lipinski definition) is 1. The van der Waals surface area contributed by atoms with Gasteiger partial charge in [0.2, 0.25) is 0 Å². The molecule has 21 heavy (non-hydrogen) atoms. The monoisotopic (exact) mass is 409 g/mol. The van der Waals surface area contributed by atoms with Gasteiger partial charge in [0.15, 0.2) is 0 Å². The Balaban J connectivity index is 2.18. The predicted molar refractivity (Wildman–Crippen MR) is 93.5 cm³/mol. The quantitative estimate of drug-likeness (QED) is 0.717. The topological polar surface area (TPSA) is 29.1 Å². The summed E-state index contributed by atoms with van der Waals surface area (Å²) in [7, 11) is 0. The van der Waals surface area contributed by atoms with E-state index in [1.54, 1.807) is 0 Å². The van der Waals surface area contributed by atoms with E-state index >= 15 is 0 Å². The maximum absolute atomic E-state index is 12.4. The van der Waals surface area contributed by atoms with Crippen molar-refractivity contribution in [2.75, 3.05) is 0 Å². The lowest BCUT2D eigenvalue weighted by Gasteiger charge is -2.18. The fourth-order valence-electron chi connectivity index (χ4n) is 2.23. The van der Waals surface area contributed by atoms with E-state index in [9.17, 15) is 4.79 Å². The van der Waals surface area contributed by atoms with Crippen LogP contribution < -0.4 is 5.32 Å². The number of carbonyl (C=O) groups is 1. The molecule has 0 bridgehead atoms. The van der Waals surface area contributed by atoms with Crippen LogP contribution in [0.15, 0.2) is 51.4 Å². The van der Waals surface area contributed by atoms with Gasteiger partial charge in [0, 0.05) is 14.5 Å². The molecule has 0 saturated heterocycles. The molecule has 2 nitrogen and oxygen atoms in total. The molecular weight excluding hydrogens is 394 g/mol. The molecule has 0 spiro atoms. The van der Waals surface area contributed by atoms with E-state index < -0.39 is 0 Å². The smallest absolute Gasteiger partial charge is 0.251 e. The highest BCUT2D eigenvalue weighted by molar-refractivity contribution is 9.10. The van der Waals surface area contributed by atoms with Gasteiger partial charge in [-0.3, -0.25) is 4.79 Å². The number of carbonyl (C=O) groups excluding carboxylic acids is 1. The second-order valence-electron chi connectivity index (χ2n) is 5.00. The summed E-state index contributed by atoms with van der Waals surface area (Å²) in [5.74, 6) is -0.0471. The standard InChI is InChI=1S/C17H17Br2NO/c1-3-16(12-4-6-14(18)7-5-12)20-17(21)13-8-11(2)9-15(19)10-13/h4-10,16H,3H2,1-2H3,(H,20,21). The molecule has 110 valence electrons. The Kier molecular flexibility index (Phi) is 5.59. The number of benzene rings is 2. The van der Waals surface area contributed by atoms with Crippen molar-refractivity contribution in [2.24, 2.45) is 0 Å². The summed E-state index contributed by atoms with van der Waals surface area (Å²) >= 11 is 6.86. The maximum Gasteiger partial charge on any atom is 0.251 e. The minimum atomic E-state index is -0.0471. The van der Waals surface area contributed by atoms with E-state index in [1.807, 2.05) is 49.4 Å². The fraction of sp³-hybridized carbons (Fsp3) is 0.235. The van der Waals surface area contributed by atoms with E-state index in [1.165, 1.54) is 0 Å². The molecule has 0 heterocycles. The van der Waals surface area contributed by atoms with Crippen LogP contribution in [0.3, 0.4) is 0 Å². The van der Waals surface area contributed by atoms with Crippen molar-refractivity contribution in [1.29, 1.82) is 0 Å². The van der Waals surface area contributed by atoms with Crippen LogP contribution in [0.4, 0.5) is 0 Å². The molecule has 0 aromatic heterocycles. The zero-order valence-electron chi connectivity index (χ0n) is 12.0. The lowest BCUT2D eigenvalue weighted by atomic mass is 10.0. The number of amides is 1. The third kappa shape index (κ3) is 4.42. The third-order valence-electron chi connectivity index (χ3n) is 3.29. The van der Waals surface area contributed by atoms with Crippen LogP contribution in [0, 0.1) is 6.92 Å². The minimum Gasteiger partial charge on any atom is -0.345 e. The van der Waals surface area contributed by atoms with Gasteiger partial charge in [-0.15, -0.1) is 0 Å². The van der Waals surface area contributed by atoms with Crippen molar-refractivity contribution in [3.05, 3.63) is 68.1 Å². The molecule has 0 aliphatic carbocycles. The largest absolute Gasteiger partial charge is 0.345 e. The van der Waals surface area contributed by atoms with Gasteiger partial charge in [-0.05, 0) is 54.8 Å². The molecule has 2 aromatic rings. The SMILES string of the molecule is CCC(NC(=O)c1cc(C)cc(Br)c1)c1ccc(Br)cc1. The normalized spacial score (nSPS) is 12.0. The Labute approximate surface area is 142 Å². The Hall–Kier alpha value is -1.13. The van der Waals surface area contributed by atoms with E-state index in [2.05, 4.69) is 44.1 Å². The van der Waals surface area contributed by atoms with Gasteiger partial charge in [0.1, 0.15) is 0 Å². The molecule has 1 atom stereocenters. The summed E-state index contributed by atoms with van der Waals surface area (Å²) in [5, 5.41) is 3.10. The summed E-state index contributed by atoms with van der Waals surface area (Å²) in [6, 6.07) is 13.8. The lowest BCUT2D eigenvalue weighted by Crippen LogP contribution is -2.28. The molecule has 0 aliphatic heterocycles. The highest BCUT2D eigenvalue weighted by Crippen LogP contribution is 2.21. The number of hydrogen-bond donors (Lipinski definition) is 1. The average Bonchev–Trinajstić information content (AvgIpc) is 2.44. The molecule has 0 saturated carbocycles. The number of aryl methyl sites for hydroxylation is 1. The minimum absolute atomic E-state index is 0.0184. The summed E-state index contributed by atoms with van der Waals surface area (Å²) < 4.78 is 1.96. The predicted octanol–water partition coefficient (Wildman–Crippen LogP) is 5.40. The molecule has 1 amide bonds. The molecule has 4 heteroatoms. The van der Waals surface area contributed by atoms with Gasteiger partial charge in [0.05, 0.1) is 6.04 Å². The van der Waals surface area contributed by atoms with Crippen molar-refractivity contribution in [2.45, 2.75) is 26.3 Å². The molecule has 2 rings (SSSR count). The second kappa shape index (κ2) is 7.23. The first-order valence-corrected chi connectivity index (χ1v) is 8.41. The molecule has 0 aliphatic rings. The first-order valence-electron chi connectivity index (χ1n) is 6.83. The Morgan fingerprint density at radius 1 is 1.10 bits per heavy atom. The van der Waals surface area contributed by atoms with Gasteiger partial charge in [-0.25, -0.2) is 0 Å². The van der Waals surface area contributed by atoms with Gasteiger partial charge in [-0.2, -0.15) is 0 Å². The van der Waals surface area contributed by atoms with Crippen LogP contribution in [0.5, 0.6) is 0 Å². The maximum atomic E-state index is 12.4. The van der Waals surface area contributed by atoms with Gasteiger partial charge in [-0.1, -0.05) is 50.9 Å².